The molecule has 0 bridgehead atoms. The van der Waals surface area contributed by atoms with Crippen molar-refractivity contribution in [1.82, 2.24) is 14.9 Å². The smallest absolute Gasteiger partial charge is 0.264 e. The molecule has 2 N–H and O–H groups in total. The molecule has 0 fully saturated rings. The molecule has 0 spiro atoms. The van der Waals surface area contributed by atoms with E-state index in [0.717, 1.165) is 17.1 Å². The van der Waals surface area contributed by atoms with Gasteiger partial charge in [-0.2, -0.15) is 5.10 Å². The van der Waals surface area contributed by atoms with E-state index in [1.165, 1.54) is 12.1 Å². The zero-order chi connectivity index (χ0) is 17.2. The van der Waals surface area contributed by atoms with Gasteiger partial charge < -0.3 is 4.42 Å². The number of aromatic amines is 1. The van der Waals surface area contributed by atoms with Gasteiger partial charge in [-0.15, -0.1) is 11.3 Å². The minimum Gasteiger partial charge on any atom is -0.469 e. The summed E-state index contributed by atoms with van der Waals surface area (Å²) in [6.07, 6.45) is 2.02. The fourth-order valence-corrected chi connectivity index (χ4v) is 4.72. The van der Waals surface area contributed by atoms with Crippen molar-refractivity contribution in [1.29, 1.82) is 0 Å². The molecule has 0 radical (unpaired) electrons. The molecule has 3 aromatic heterocycles. The first kappa shape index (κ1) is 16.6. The molecule has 3 rings (SSSR count). The van der Waals surface area contributed by atoms with Crippen LogP contribution in [0, 0.1) is 0 Å². The molecule has 0 aliphatic rings. The van der Waals surface area contributed by atoms with Gasteiger partial charge in [0.1, 0.15) is 15.7 Å². The number of hydrogen-bond donors (Lipinski definition) is 2. The quantitative estimate of drug-likeness (QED) is 0.695. The van der Waals surface area contributed by atoms with E-state index < -0.39 is 10.0 Å². The number of thiophene rings is 1. The average Bonchev–Trinajstić information content (AvgIpc) is 3.18. The topological polar surface area (TPSA) is 105 Å². The third-order valence-corrected chi connectivity index (χ3v) is 6.41. The van der Waals surface area contributed by atoms with Crippen LogP contribution in [-0.4, -0.2) is 24.7 Å². The molecule has 9 heteroatoms. The molecule has 1 atom stereocenters. The Bertz CT molecular complexity index is 954. The Morgan fingerprint density at radius 2 is 2.12 bits per heavy atom. The van der Waals surface area contributed by atoms with Gasteiger partial charge in [-0.3, -0.25) is 4.79 Å². The van der Waals surface area contributed by atoms with Gasteiger partial charge in [0.2, 0.25) is 10.0 Å². The highest BCUT2D eigenvalue weighted by Crippen LogP contribution is 2.29. The van der Waals surface area contributed by atoms with Crippen molar-refractivity contribution in [3.8, 4) is 10.6 Å². The first-order valence-electron chi connectivity index (χ1n) is 7.15. The third-order valence-electron chi connectivity index (χ3n) is 3.22. The molecule has 24 heavy (non-hydrogen) atoms. The standard InChI is InChI=1S/C15H15N3O4S2/c1-10(9-11-3-2-8-22-11)18-24(20,21)15-7-5-13(23-15)12-4-6-14(19)17-16-12/h2-8,10,18H,9H2,1H3,(H,17,19)/t10-/m0/s1. The Hall–Kier alpha value is -2.23. The molecule has 3 heterocycles. The van der Waals surface area contributed by atoms with Crippen molar-refractivity contribution < 1.29 is 12.8 Å². The molecule has 0 amide bonds. The monoisotopic (exact) mass is 365 g/mol. The summed E-state index contributed by atoms with van der Waals surface area (Å²) < 4.78 is 33.0. The van der Waals surface area contributed by atoms with E-state index in [1.54, 1.807) is 37.5 Å². The lowest BCUT2D eigenvalue weighted by Crippen LogP contribution is -2.33. The van der Waals surface area contributed by atoms with Crippen LogP contribution in [0.2, 0.25) is 0 Å². The van der Waals surface area contributed by atoms with Crippen LogP contribution in [0.4, 0.5) is 0 Å². The number of nitrogens with zero attached hydrogens (tertiary/aromatic N) is 1. The lowest BCUT2D eigenvalue weighted by atomic mass is 10.2. The zero-order valence-corrected chi connectivity index (χ0v) is 14.4. The van der Waals surface area contributed by atoms with Gasteiger partial charge >= 0.3 is 0 Å². The van der Waals surface area contributed by atoms with Gasteiger partial charge in [0.05, 0.1) is 11.1 Å². The molecule has 0 saturated heterocycles. The van der Waals surface area contributed by atoms with Gasteiger partial charge in [-0.25, -0.2) is 18.2 Å². The fourth-order valence-electron chi connectivity index (χ4n) is 2.18. The summed E-state index contributed by atoms with van der Waals surface area (Å²) >= 11 is 1.09. The molecular formula is C15H15N3O4S2. The summed E-state index contributed by atoms with van der Waals surface area (Å²) in [5.41, 5.74) is 0.209. The van der Waals surface area contributed by atoms with Gasteiger partial charge in [-0.1, -0.05) is 0 Å². The first-order chi connectivity index (χ1) is 11.4. The van der Waals surface area contributed by atoms with Crippen LogP contribution in [0.5, 0.6) is 0 Å². The third kappa shape index (κ3) is 3.81. The van der Waals surface area contributed by atoms with Gasteiger partial charge in [0.25, 0.3) is 5.56 Å². The maximum atomic E-state index is 12.5. The highest BCUT2D eigenvalue weighted by atomic mass is 32.2. The van der Waals surface area contributed by atoms with E-state index in [-0.39, 0.29) is 15.8 Å². The molecule has 0 unspecified atom stereocenters. The number of sulfonamides is 1. The number of rotatable bonds is 6. The van der Waals surface area contributed by atoms with Crippen molar-refractivity contribution in [2.75, 3.05) is 0 Å². The van der Waals surface area contributed by atoms with Crippen molar-refractivity contribution in [2.45, 2.75) is 23.6 Å². The SMILES string of the molecule is C[C@@H](Cc1ccco1)NS(=O)(=O)c1ccc(-c2ccc(=O)[nH]n2)s1. The van der Waals surface area contributed by atoms with Crippen LogP contribution in [-0.2, 0) is 16.4 Å². The van der Waals surface area contributed by atoms with E-state index in [2.05, 4.69) is 14.9 Å². The Balaban J connectivity index is 1.75. The molecular weight excluding hydrogens is 350 g/mol. The van der Waals surface area contributed by atoms with Crippen molar-refractivity contribution in [2.24, 2.45) is 0 Å². The zero-order valence-electron chi connectivity index (χ0n) is 12.7. The number of hydrogen-bond acceptors (Lipinski definition) is 6. The van der Waals surface area contributed by atoms with Gasteiger partial charge in [0.15, 0.2) is 0 Å². The second-order valence-corrected chi connectivity index (χ2v) is 8.26. The summed E-state index contributed by atoms with van der Waals surface area (Å²) in [6.45, 7) is 1.78. The average molecular weight is 365 g/mol. The Morgan fingerprint density at radius 1 is 1.29 bits per heavy atom. The lowest BCUT2D eigenvalue weighted by molar-refractivity contribution is 0.479. The summed E-state index contributed by atoms with van der Waals surface area (Å²) in [5.74, 6) is 0.717. The Labute approximate surface area is 142 Å². The van der Waals surface area contributed by atoms with E-state index >= 15 is 0 Å². The van der Waals surface area contributed by atoms with Crippen LogP contribution >= 0.6 is 11.3 Å². The number of nitrogens with one attached hydrogen (secondary N) is 2. The van der Waals surface area contributed by atoms with E-state index in [9.17, 15) is 13.2 Å². The minimum absolute atomic E-state index is 0.191. The second-order valence-electron chi connectivity index (χ2n) is 5.23. The van der Waals surface area contributed by atoms with Crippen molar-refractivity contribution >= 4 is 21.4 Å². The highest BCUT2D eigenvalue weighted by Gasteiger charge is 2.21. The summed E-state index contributed by atoms with van der Waals surface area (Å²) in [6, 6.07) is 9.34. The Kier molecular flexibility index (Phi) is 4.65. The summed E-state index contributed by atoms with van der Waals surface area (Å²) in [5, 5.41) is 6.23. The van der Waals surface area contributed by atoms with Crippen molar-refractivity contribution in [3.63, 3.8) is 0 Å². The molecule has 0 aliphatic carbocycles. The number of furan rings is 1. The second kappa shape index (κ2) is 6.71. The summed E-state index contributed by atoms with van der Waals surface area (Å²) in [4.78, 5) is 11.7. The maximum Gasteiger partial charge on any atom is 0.264 e. The van der Waals surface area contributed by atoms with Crippen LogP contribution in [0.3, 0.4) is 0 Å². The normalized spacial score (nSPS) is 13.0. The highest BCUT2D eigenvalue weighted by molar-refractivity contribution is 7.91. The minimum atomic E-state index is -3.63. The molecule has 3 aromatic rings. The summed E-state index contributed by atoms with van der Waals surface area (Å²) in [7, 11) is -3.63. The predicted octanol–water partition coefficient (Wildman–Crippen LogP) is 2.00. The van der Waals surface area contributed by atoms with Gasteiger partial charge in [-0.05, 0) is 37.3 Å². The number of aromatic nitrogens is 2. The fraction of sp³-hybridized carbons (Fsp3) is 0.200. The van der Waals surface area contributed by atoms with E-state index in [4.69, 9.17) is 4.42 Å². The van der Waals surface area contributed by atoms with E-state index in [0.29, 0.717) is 17.0 Å². The molecule has 0 aliphatic heterocycles. The largest absolute Gasteiger partial charge is 0.469 e. The van der Waals surface area contributed by atoms with Crippen LogP contribution in [0.25, 0.3) is 10.6 Å². The predicted molar refractivity (Wildman–Crippen MR) is 90.4 cm³/mol. The molecule has 126 valence electrons. The molecule has 0 saturated carbocycles. The molecule has 7 nitrogen and oxygen atoms in total. The van der Waals surface area contributed by atoms with Crippen LogP contribution < -0.4 is 10.3 Å². The number of H-pyrrole nitrogens is 1. The Morgan fingerprint density at radius 3 is 2.79 bits per heavy atom. The van der Waals surface area contributed by atoms with Crippen molar-refractivity contribution in [3.05, 3.63) is 58.8 Å². The molecule has 0 aromatic carbocycles. The van der Waals surface area contributed by atoms with E-state index in [1.807, 2.05) is 0 Å². The maximum absolute atomic E-state index is 12.5. The first-order valence-corrected chi connectivity index (χ1v) is 9.45. The lowest BCUT2D eigenvalue weighted by Gasteiger charge is -2.11. The van der Waals surface area contributed by atoms with Crippen LogP contribution in [0.1, 0.15) is 12.7 Å². The van der Waals surface area contributed by atoms with Gasteiger partial charge in [0, 0.05) is 18.5 Å². The van der Waals surface area contributed by atoms with Crippen LogP contribution in [0.15, 0.2) is 56.1 Å².